The Labute approximate surface area is 230 Å². The summed E-state index contributed by atoms with van der Waals surface area (Å²) in [4.78, 5) is 10.9. The van der Waals surface area contributed by atoms with Gasteiger partial charge in [-0.1, -0.05) is 24.3 Å². The number of carboxylic acids is 1. The van der Waals surface area contributed by atoms with Crippen LogP contribution in [-0.2, 0) is 27.2 Å². The molecule has 0 fully saturated rings. The highest BCUT2D eigenvalue weighted by Crippen LogP contribution is 2.45. The second kappa shape index (κ2) is 10.2. The third kappa shape index (κ3) is 5.97. The molecule has 0 aliphatic carbocycles. The zero-order chi connectivity index (χ0) is 30.5. The molecule has 3 aromatic carbocycles. The highest BCUT2D eigenvalue weighted by Gasteiger charge is 2.41. The number of aliphatic carboxylic acids is 1. The van der Waals surface area contributed by atoms with Gasteiger partial charge in [0.05, 0.1) is 33.7 Å². The first-order valence-corrected chi connectivity index (χ1v) is 13.4. The zero-order valence-electron chi connectivity index (χ0n) is 21.3. The number of fused-ring (bicyclic) bond motifs is 1. The highest BCUT2D eigenvalue weighted by atomic mass is 32.2. The van der Waals surface area contributed by atoms with E-state index < -0.39 is 73.8 Å². The van der Waals surface area contributed by atoms with Crippen LogP contribution in [0.4, 0.5) is 36.4 Å². The summed E-state index contributed by atoms with van der Waals surface area (Å²) in [6, 6.07) is 8.83. The Kier molecular flexibility index (Phi) is 7.52. The van der Waals surface area contributed by atoms with Gasteiger partial charge >= 0.3 is 18.3 Å². The van der Waals surface area contributed by atoms with Crippen molar-refractivity contribution in [2.75, 3.05) is 10.8 Å². The maximum atomic E-state index is 14.3. The molecule has 4 rings (SSSR count). The molecule has 1 heterocycles. The van der Waals surface area contributed by atoms with Crippen LogP contribution in [-0.4, -0.2) is 32.1 Å². The van der Waals surface area contributed by atoms with Crippen molar-refractivity contribution in [2.24, 2.45) is 5.41 Å². The Bertz CT molecular complexity index is 1600. The lowest BCUT2D eigenvalue weighted by molar-refractivity contribution is -0.148. The molecule has 0 unspecified atom stereocenters. The number of carboxylic acid groups (broad SMARTS) is 1. The van der Waals surface area contributed by atoms with Gasteiger partial charge in [-0.15, -0.1) is 0 Å². The van der Waals surface area contributed by atoms with E-state index >= 15 is 0 Å². The Morgan fingerprint density at radius 3 is 2.24 bits per heavy atom. The molecular weight excluding hydrogens is 583 g/mol. The van der Waals surface area contributed by atoms with Crippen LogP contribution in [0.3, 0.4) is 0 Å². The molecule has 1 aliphatic heterocycles. The number of halogens is 7. The van der Waals surface area contributed by atoms with E-state index in [4.69, 9.17) is 4.74 Å². The molecule has 0 aromatic heterocycles. The number of hydrogen-bond donors (Lipinski definition) is 1. The standard InChI is InChI=1S/C27H22F7NO5S/c1-25(2,24(36)37)13-17-14-35(41(38,39)18-6-3-5-16(12-18)26(29,30)31)21-11-15(9-10-22(21)40-17)19-7-4-8-20(28)23(19)27(32,33)34/h3-12,17H,13-14H2,1-2H3,(H,36,37)/t17-/m0/s1. The molecule has 0 bridgehead atoms. The molecule has 41 heavy (non-hydrogen) atoms. The normalized spacial score (nSPS) is 16.2. The van der Waals surface area contributed by atoms with Gasteiger partial charge in [-0.3, -0.25) is 9.10 Å². The van der Waals surface area contributed by atoms with E-state index in [1.807, 2.05) is 0 Å². The van der Waals surface area contributed by atoms with Crippen LogP contribution in [0.5, 0.6) is 5.75 Å². The fourth-order valence-corrected chi connectivity index (χ4v) is 6.03. The van der Waals surface area contributed by atoms with Gasteiger partial charge in [-0.25, -0.2) is 12.8 Å². The van der Waals surface area contributed by atoms with Gasteiger partial charge in [0.25, 0.3) is 10.0 Å². The number of nitrogens with zero attached hydrogens (tertiary/aromatic N) is 1. The summed E-state index contributed by atoms with van der Waals surface area (Å²) in [6.07, 6.45) is -11.3. The van der Waals surface area contributed by atoms with E-state index in [9.17, 15) is 49.1 Å². The van der Waals surface area contributed by atoms with Gasteiger partial charge < -0.3 is 9.84 Å². The molecule has 14 heteroatoms. The number of sulfonamides is 1. The van der Waals surface area contributed by atoms with E-state index in [2.05, 4.69) is 0 Å². The van der Waals surface area contributed by atoms with Crippen molar-refractivity contribution >= 4 is 21.7 Å². The number of carbonyl (C=O) groups is 1. The molecule has 0 amide bonds. The van der Waals surface area contributed by atoms with Crippen molar-refractivity contribution in [3.8, 4) is 16.9 Å². The van der Waals surface area contributed by atoms with Crippen LogP contribution >= 0.6 is 0 Å². The quantitative estimate of drug-likeness (QED) is 0.307. The first-order valence-electron chi connectivity index (χ1n) is 11.9. The average molecular weight is 606 g/mol. The minimum atomic E-state index is -5.11. The van der Waals surface area contributed by atoms with Crippen molar-refractivity contribution < 1.29 is 53.8 Å². The molecule has 6 nitrogen and oxygen atoms in total. The van der Waals surface area contributed by atoms with Gasteiger partial charge in [-0.05, 0) is 61.4 Å². The fourth-order valence-electron chi connectivity index (χ4n) is 4.48. The second-order valence-electron chi connectivity index (χ2n) is 10.0. The largest absolute Gasteiger partial charge is 0.486 e. The van der Waals surface area contributed by atoms with Crippen LogP contribution in [0.25, 0.3) is 11.1 Å². The monoisotopic (exact) mass is 605 g/mol. The maximum Gasteiger partial charge on any atom is 0.419 e. The zero-order valence-corrected chi connectivity index (χ0v) is 22.2. The number of rotatable bonds is 6. The van der Waals surface area contributed by atoms with Crippen LogP contribution in [0, 0.1) is 11.2 Å². The van der Waals surface area contributed by atoms with Crippen LogP contribution < -0.4 is 9.04 Å². The van der Waals surface area contributed by atoms with E-state index in [1.54, 1.807) is 0 Å². The van der Waals surface area contributed by atoms with E-state index in [0.29, 0.717) is 22.5 Å². The number of anilines is 1. The molecule has 0 saturated carbocycles. The first kappa shape index (κ1) is 30.2. The summed E-state index contributed by atoms with van der Waals surface area (Å²) in [7, 11) is -4.80. The average Bonchev–Trinajstić information content (AvgIpc) is 2.86. The summed E-state index contributed by atoms with van der Waals surface area (Å²) in [6.45, 7) is 2.16. The third-order valence-electron chi connectivity index (χ3n) is 6.57. The lowest BCUT2D eigenvalue weighted by Crippen LogP contribution is -2.46. The van der Waals surface area contributed by atoms with Gasteiger partial charge in [0.1, 0.15) is 17.7 Å². The topological polar surface area (TPSA) is 83.9 Å². The Morgan fingerprint density at radius 2 is 1.63 bits per heavy atom. The Hall–Kier alpha value is -3.81. The van der Waals surface area contributed by atoms with Crippen LogP contribution in [0.1, 0.15) is 31.4 Å². The smallest absolute Gasteiger partial charge is 0.419 e. The summed E-state index contributed by atoms with van der Waals surface area (Å²) < 4.78 is 130. The summed E-state index contributed by atoms with van der Waals surface area (Å²) >= 11 is 0. The van der Waals surface area contributed by atoms with Gasteiger partial charge in [0.15, 0.2) is 0 Å². The minimum Gasteiger partial charge on any atom is -0.486 e. The molecule has 1 atom stereocenters. The Morgan fingerprint density at radius 1 is 0.976 bits per heavy atom. The summed E-state index contributed by atoms with van der Waals surface area (Å²) in [5.41, 5.74) is -5.42. The van der Waals surface area contributed by atoms with Crippen molar-refractivity contribution in [2.45, 2.75) is 43.6 Å². The number of hydrogen-bond acceptors (Lipinski definition) is 4. The molecule has 1 aliphatic rings. The van der Waals surface area contributed by atoms with Crippen molar-refractivity contribution in [1.82, 2.24) is 0 Å². The predicted octanol–water partition coefficient (Wildman–Crippen LogP) is 6.99. The van der Waals surface area contributed by atoms with Gasteiger partial charge in [-0.2, -0.15) is 26.3 Å². The number of benzene rings is 3. The molecule has 1 N–H and O–H groups in total. The van der Waals surface area contributed by atoms with Crippen molar-refractivity contribution in [3.05, 3.63) is 77.6 Å². The lowest BCUT2D eigenvalue weighted by Gasteiger charge is -2.38. The molecular formula is C27H22F7NO5S. The van der Waals surface area contributed by atoms with Gasteiger partial charge in [0.2, 0.25) is 0 Å². The van der Waals surface area contributed by atoms with Gasteiger partial charge in [0, 0.05) is 6.42 Å². The maximum absolute atomic E-state index is 14.3. The molecule has 0 saturated heterocycles. The fraction of sp³-hybridized carbons (Fsp3) is 0.296. The summed E-state index contributed by atoms with van der Waals surface area (Å²) in [5, 5.41) is 9.54. The van der Waals surface area contributed by atoms with E-state index in [-0.39, 0.29) is 23.4 Å². The lowest BCUT2D eigenvalue weighted by atomic mass is 9.86. The third-order valence-corrected chi connectivity index (χ3v) is 8.34. The van der Waals surface area contributed by atoms with Crippen LogP contribution in [0.2, 0.25) is 0 Å². The van der Waals surface area contributed by atoms with Crippen LogP contribution in [0.15, 0.2) is 65.6 Å². The molecule has 220 valence electrons. The number of alkyl halides is 6. The minimum absolute atomic E-state index is 0.174. The van der Waals surface area contributed by atoms with E-state index in [0.717, 1.165) is 42.5 Å². The molecule has 0 spiro atoms. The van der Waals surface area contributed by atoms with E-state index in [1.165, 1.54) is 13.8 Å². The SMILES string of the molecule is CC(C)(C[C@H]1CN(S(=O)(=O)c2cccc(C(F)(F)F)c2)c2cc(-c3cccc(F)c3C(F)(F)F)ccc2O1)C(=O)O. The first-order chi connectivity index (χ1) is 18.8. The molecule has 3 aromatic rings. The molecule has 0 radical (unpaired) electrons. The second-order valence-corrected chi connectivity index (χ2v) is 11.9. The number of ether oxygens (including phenoxy) is 1. The Balaban J connectivity index is 1.90. The predicted molar refractivity (Wildman–Crippen MR) is 133 cm³/mol. The highest BCUT2D eigenvalue weighted by molar-refractivity contribution is 7.92. The van der Waals surface area contributed by atoms with Crippen molar-refractivity contribution in [1.29, 1.82) is 0 Å². The van der Waals surface area contributed by atoms with Crippen molar-refractivity contribution in [3.63, 3.8) is 0 Å². The summed E-state index contributed by atoms with van der Waals surface area (Å²) in [5.74, 6) is -2.96.